The van der Waals surface area contributed by atoms with Crippen LogP contribution >= 0.6 is 0 Å². The molecular formula is C18H22N4O4. The number of carbonyl (C=O) groups excluding carboxylic acids is 2. The summed E-state index contributed by atoms with van der Waals surface area (Å²) < 4.78 is 10.8. The third-order valence-electron chi connectivity index (χ3n) is 4.31. The molecule has 2 amide bonds. The van der Waals surface area contributed by atoms with Gasteiger partial charge in [-0.1, -0.05) is 17.3 Å². The van der Waals surface area contributed by atoms with Crippen molar-refractivity contribution in [2.45, 2.75) is 38.6 Å². The normalized spacial score (nSPS) is 16.7. The molecule has 8 nitrogen and oxygen atoms in total. The number of likely N-dealkylation sites (tertiary alicyclic amines) is 1. The van der Waals surface area contributed by atoms with Gasteiger partial charge >= 0.3 is 0 Å². The SMILES string of the molecule is Cc1cccc(OCCCC(=O)N2CCCC2c2nc(C(N)=O)no2)c1. The van der Waals surface area contributed by atoms with Crippen molar-refractivity contribution in [3.8, 4) is 5.75 Å². The van der Waals surface area contributed by atoms with Crippen LogP contribution in [0, 0.1) is 6.92 Å². The molecule has 1 aliphatic rings. The number of hydrogen-bond donors (Lipinski definition) is 1. The van der Waals surface area contributed by atoms with Gasteiger partial charge in [0.1, 0.15) is 11.8 Å². The highest BCUT2D eigenvalue weighted by Crippen LogP contribution is 2.31. The van der Waals surface area contributed by atoms with Gasteiger partial charge in [-0.05, 0) is 43.9 Å². The molecule has 1 saturated heterocycles. The van der Waals surface area contributed by atoms with Gasteiger partial charge in [-0.2, -0.15) is 4.98 Å². The fourth-order valence-electron chi connectivity index (χ4n) is 3.05. The standard InChI is InChI=1S/C18H22N4O4/c1-12-5-2-6-13(11-12)25-10-4-8-15(23)22-9-3-7-14(22)18-20-17(16(19)24)21-26-18/h2,5-6,11,14H,3-4,7-10H2,1H3,(H2,19,24). The van der Waals surface area contributed by atoms with Crippen molar-refractivity contribution in [3.05, 3.63) is 41.5 Å². The van der Waals surface area contributed by atoms with Gasteiger partial charge < -0.3 is 19.9 Å². The summed E-state index contributed by atoms with van der Waals surface area (Å²) in [5.74, 6) is 0.177. The van der Waals surface area contributed by atoms with E-state index in [1.54, 1.807) is 4.90 Å². The molecule has 1 atom stereocenters. The zero-order valence-corrected chi connectivity index (χ0v) is 14.7. The van der Waals surface area contributed by atoms with Crippen molar-refractivity contribution in [2.24, 2.45) is 5.73 Å². The van der Waals surface area contributed by atoms with E-state index in [4.69, 9.17) is 15.0 Å². The summed E-state index contributed by atoms with van der Waals surface area (Å²) in [6, 6.07) is 7.52. The number of nitrogens with two attached hydrogens (primary N) is 1. The van der Waals surface area contributed by atoms with E-state index in [0.717, 1.165) is 24.2 Å². The Hall–Kier alpha value is -2.90. The van der Waals surface area contributed by atoms with Crippen LogP contribution in [-0.4, -0.2) is 40.0 Å². The Kier molecular flexibility index (Phi) is 5.50. The monoisotopic (exact) mass is 358 g/mol. The van der Waals surface area contributed by atoms with Gasteiger partial charge in [0.2, 0.25) is 11.8 Å². The van der Waals surface area contributed by atoms with Crippen molar-refractivity contribution >= 4 is 11.8 Å². The van der Waals surface area contributed by atoms with E-state index in [1.165, 1.54) is 0 Å². The van der Waals surface area contributed by atoms with E-state index in [0.29, 0.717) is 26.0 Å². The number of aryl methyl sites for hydroxylation is 1. The van der Waals surface area contributed by atoms with Crippen LogP contribution in [0.2, 0.25) is 0 Å². The van der Waals surface area contributed by atoms with Gasteiger partial charge in [-0.3, -0.25) is 9.59 Å². The van der Waals surface area contributed by atoms with Crippen LogP contribution in [0.4, 0.5) is 0 Å². The van der Waals surface area contributed by atoms with E-state index < -0.39 is 5.91 Å². The lowest BCUT2D eigenvalue weighted by atomic mass is 10.2. The first-order chi connectivity index (χ1) is 12.5. The second kappa shape index (κ2) is 7.99. The fraction of sp³-hybridized carbons (Fsp3) is 0.444. The summed E-state index contributed by atoms with van der Waals surface area (Å²) >= 11 is 0. The fourth-order valence-corrected chi connectivity index (χ4v) is 3.05. The molecule has 1 aromatic carbocycles. The highest BCUT2D eigenvalue weighted by Gasteiger charge is 2.34. The zero-order chi connectivity index (χ0) is 18.5. The minimum atomic E-state index is -0.746. The minimum Gasteiger partial charge on any atom is -0.494 e. The molecule has 0 spiro atoms. The van der Waals surface area contributed by atoms with Crippen molar-refractivity contribution in [1.29, 1.82) is 0 Å². The maximum atomic E-state index is 12.5. The molecule has 2 N–H and O–H groups in total. The summed E-state index contributed by atoms with van der Waals surface area (Å²) in [5, 5.41) is 3.55. The van der Waals surface area contributed by atoms with Crippen LogP contribution in [0.1, 0.15) is 53.8 Å². The second-order valence-electron chi connectivity index (χ2n) is 6.33. The van der Waals surface area contributed by atoms with Crippen LogP contribution in [0.3, 0.4) is 0 Å². The van der Waals surface area contributed by atoms with E-state index >= 15 is 0 Å². The van der Waals surface area contributed by atoms with Gasteiger partial charge in [0.15, 0.2) is 0 Å². The molecule has 1 fully saturated rings. The first kappa shape index (κ1) is 17.9. The quantitative estimate of drug-likeness (QED) is 0.758. The summed E-state index contributed by atoms with van der Waals surface area (Å²) in [4.78, 5) is 29.3. The Morgan fingerprint density at radius 1 is 1.42 bits per heavy atom. The lowest BCUT2D eigenvalue weighted by molar-refractivity contribution is -0.132. The van der Waals surface area contributed by atoms with E-state index in [-0.39, 0.29) is 23.7 Å². The molecule has 0 bridgehead atoms. The molecule has 1 unspecified atom stereocenters. The maximum Gasteiger partial charge on any atom is 0.290 e. The number of hydrogen-bond acceptors (Lipinski definition) is 6. The van der Waals surface area contributed by atoms with Crippen LogP contribution < -0.4 is 10.5 Å². The topological polar surface area (TPSA) is 112 Å². The van der Waals surface area contributed by atoms with Crippen molar-refractivity contribution in [3.63, 3.8) is 0 Å². The molecule has 26 heavy (non-hydrogen) atoms. The molecule has 0 saturated carbocycles. The van der Waals surface area contributed by atoms with E-state index in [9.17, 15) is 9.59 Å². The smallest absolute Gasteiger partial charge is 0.290 e. The molecule has 0 aliphatic carbocycles. The number of rotatable bonds is 7. The number of amides is 2. The number of ether oxygens (including phenoxy) is 1. The number of aromatic nitrogens is 2. The molecule has 1 aromatic heterocycles. The maximum absolute atomic E-state index is 12.5. The molecule has 2 aromatic rings. The van der Waals surface area contributed by atoms with Crippen molar-refractivity contribution < 1.29 is 18.8 Å². The van der Waals surface area contributed by atoms with Gasteiger partial charge in [0.05, 0.1) is 6.61 Å². The van der Waals surface area contributed by atoms with Crippen LogP contribution in [0.15, 0.2) is 28.8 Å². The molecule has 8 heteroatoms. The van der Waals surface area contributed by atoms with Crippen LogP contribution in [0.5, 0.6) is 5.75 Å². The van der Waals surface area contributed by atoms with Gasteiger partial charge in [-0.15, -0.1) is 0 Å². The lowest BCUT2D eigenvalue weighted by Gasteiger charge is -2.21. The first-order valence-electron chi connectivity index (χ1n) is 8.67. The number of carbonyl (C=O) groups is 2. The van der Waals surface area contributed by atoms with Crippen LogP contribution in [-0.2, 0) is 4.79 Å². The Labute approximate surface area is 151 Å². The van der Waals surface area contributed by atoms with Gasteiger partial charge in [-0.25, -0.2) is 0 Å². The molecule has 1 aliphatic heterocycles. The van der Waals surface area contributed by atoms with Crippen molar-refractivity contribution in [1.82, 2.24) is 15.0 Å². The Morgan fingerprint density at radius 3 is 3.00 bits per heavy atom. The zero-order valence-electron chi connectivity index (χ0n) is 14.7. The predicted octanol–water partition coefficient (Wildman–Crippen LogP) is 2.00. The second-order valence-corrected chi connectivity index (χ2v) is 6.33. The summed E-state index contributed by atoms with van der Waals surface area (Å²) in [6.07, 6.45) is 2.57. The third-order valence-corrected chi connectivity index (χ3v) is 4.31. The van der Waals surface area contributed by atoms with E-state index in [2.05, 4.69) is 10.1 Å². The summed E-state index contributed by atoms with van der Waals surface area (Å²) in [6.45, 7) is 3.11. The average molecular weight is 358 g/mol. The van der Waals surface area contributed by atoms with Gasteiger partial charge in [0, 0.05) is 13.0 Å². The third kappa shape index (κ3) is 4.19. The first-order valence-corrected chi connectivity index (χ1v) is 8.67. The highest BCUT2D eigenvalue weighted by atomic mass is 16.5. The number of benzene rings is 1. The number of nitrogens with zero attached hydrogens (tertiary/aromatic N) is 3. The largest absolute Gasteiger partial charge is 0.494 e. The Morgan fingerprint density at radius 2 is 2.27 bits per heavy atom. The van der Waals surface area contributed by atoms with Gasteiger partial charge in [0.25, 0.3) is 11.7 Å². The number of primary amides is 1. The lowest BCUT2D eigenvalue weighted by Crippen LogP contribution is -2.30. The summed E-state index contributed by atoms with van der Waals surface area (Å²) in [5.41, 5.74) is 6.27. The Balaban J connectivity index is 1.50. The van der Waals surface area contributed by atoms with Crippen LogP contribution in [0.25, 0.3) is 0 Å². The molecule has 138 valence electrons. The molecule has 0 radical (unpaired) electrons. The molecule has 3 rings (SSSR count). The average Bonchev–Trinajstić information content (AvgIpc) is 3.27. The van der Waals surface area contributed by atoms with E-state index in [1.807, 2.05) is 31.2 Å². The molecular weight excluding hydrogens is 336 g/mol. The molecule has 2 heterocycles. The highest BCUT2D eigenvalue weighted by molar-refractivity contribution is 5.88. The predicted molar refractivity (Wildman–Crippen MR) is 92.4 cm³/mol. The van der Waals surface area contributed by atoms with Crippen molar-refractivity contribution in [2.75, 3.05) is 13.2 Å². The summed E-state index contributed by atoms with van der Waals surface area (Å²) in [7, 11) is 0. The Bertz CT molecular complexity index is 789. The minimum absolute atomic E-state index is 0.0131.